The average Bonchev–Trinajstić information content (AvgIpc) is 2.83. The molecular weight excluding hydrogens is 454 g/mol. The Balaban J connectivity index is 1.71. The van der Waals surface area contributed by atoms with E-state index in [1.54, 1.807) is 13.8 Å². The number of rotatable bonds is 11. The van der Waals surface area contributed by atoms with Gasteiger partial charge in [0.25, 0.3) is 5.91 Å². The van der Waals surface area contributed by atoms with E-state index >= 15 is 0 Å². The van der Waals surface area contributed by atoms with Crippen molar-refractivity contribution in [2.24, 2.45) is 0 Å². The zero-order valence-electron chi connectivity index (χ0n) is 19.7. The Morgan fingerprint density at radius 2 is 1.79 bits per heavy atom. The summed E-state index contributed by atoms with van der Waals surface area (Å²) in [5.74, 6) is -0.440. The maximum absolute atomic E-state index is 12.9. The molecule has 34 heavy (non-hydrogen) atoms. The number of fused-ring (bicyclic) bond motifs is 1. The molecule has 8 nitrogen and oxygen atoms in total. The molecule has 2 N–H and O–H groups in total. The molecule has 0 saturated carbocycles. The molecule has 0 bridgehead atoms. The Morgan fingerprint density at radius 3 is 2.47 bits per heavy atom. The highest BCUT2D eigenvalue weighted by atomic mass is 32.2. The lowest BCUT2D eigenvalue weighted by Crippen LogP contribution is -2.30. The van der Waals surface area contributed by atoms with E-state index in [4.69, 9.17) is 4.74 Å². The number of carbonyl (C=O) groups is 1. The zero-order valence-corrected chi connectivity index (χ0v) is 20.5. The lowest BCUT2D eigenvalue weighted by atomic mass is 10.1. The van der Waals surface area contributed by atoms with Crippen LogP contribution in [0.25, 0.3) is 10.9 Å². The van der Waals surface area contributed by atoms with Gasteiger partial charge in [-0.15, -0.1) is 0 Å². The summed E-state index contributed by atoms with van der Waals surface area (Å²) in [5.41, 5.74) is 1.18. The molecule has 2 aromatic carbocycles. The molecule has 9 heteroatoms. The number of carbonyl (C=O) groups excluding carboxylic acids is 1. The average molecular weight is 486 g/mol. The molecule has 0 aliphatic carbocycles. The van der Waals surface area contributed by atoms with E-state index in [0.29, 0.717) is 43.6 Å². The van der Waals surface area contributed by atoms with Crippen LogP contribution >= 0.6 is 0 Å². The van der Waals surface area contributed by atoms with E-state index in [-0.39, 0.29) is 16.6 Å². The normalized spacial score (nSPS) is 12.7. The maximum atomic E-state index is 12.9. The standard InChI is InChI=1S/C25H31N3O5S/c1-4-28(5-2)34(31,32)20-12-13-23-21(16-20)22(17-24(29)27-23)25(30)26-14-9-15-33-18(3)19-10-7-6-8-11-19/h6-8,10-13,16-18H,4-5,9,14-15H2,1-3H3,(H,26,30)(H,27,29). The molecule has 1 amide bonds. The fraction of sp³-hybridized carbons (Fsp3) is 0.360. The van der Waals surface area contributed by atoms with E-state index < -0.39 is 21.5 Å². The van der Waals surface area contributed by atoms with Gasteiger partial charge < -0.3 is 15.0 Å². The number of hydrogen-bond donors (Lipinski definition) is 2. The number of ether oxygens (including phenoxy) is 1. The minimum atomic E-state index is -3.71. The molecule has 3 aromatic rings. The highest BCUT2D eigenvalue weighted by molar-refractivity contribution is 7.89. The quantitative estimate of drug-likeness (QED) is 0.405. The summed E-state index contributed by atoms with van der Waals surface area (Å²) in [6, 6.07) is 15.5. The van der Waals surface area contributed by atoms with Crippen molar-refractivity contribution in [1.82, 2.24) is 14.6 Å². The van der Waals surface area contributed by atoms with Gasteiger partial charge in [0.05, 0.1) is 16.6 Å². The molecule has 0 radical (unpaired) electrons. The van der Waals surface area contributed by atoms with E-state index in [1.807, 2.05) is 37.3 Å². The van der Waals surface area contributed by atoms with Gasteiger partial charge >= 0.3 is 0 Å². The predicted molar refractivity (Wildman–Crippen MR) is 132 cm³/mol. The Morgan fingerprint density at radius 1 is 1.09 bits per heavy atom. The van der Waals surface area contributed by atoms with Crippen molar-refractivity contribution in [2.45, 2.75) is 38.2 Å². The van der Waals surface area contributed by atoms with Crippen LogP contribution in [0.2, 0.25) is 0 Å². The summed E-state index contributed by atoms with van der Waals surface area (Å²) in [4.78, 5) is 27.7. The molecule has 3 rings (SSSR count). The predicted octanol–water partition coefficient (Wildman–Crippen LogP) is 3.46. The van der Waals surface area contributed by atoms with Gasteiger partial charge in [-0.1, -0.05) is 44.2 Å². The fourth-order valence-corrected chi connectivity index (χ4v) is 5.23. The fourth-order valence-electron chi connectivity index (χ4n) is 3.74. The van der Waals surface area contributed by atoms with Gasteiger partial charge in [0.1, 0.15) is 0 Å². The minimum Gasteiger partial charge on any atom is -0.374 e. The summed E-state index contributed by atoms with van der Waals surface area (Å²) in [7, 11) is -3.71. The SMILES string of the molecule is CCN(CC)S(=O)(=O)c1ccc2[nH]c(=O)cc(C(=O)NCCCOC(C)c3ccccc3)c2c1. The lowest BCUT2D eigenvalue weighted by Gasteiger charge is -2.19. The monoisotopic (exact) mass is 485 g/mol. The van der Waals surface area contributed by atoms with Crippen molar-refractivity contribution in [2.75, 3.05) is 26.2 Å². The third-order valence-electron chi connectivity index (χ3n) is 5.65. The van der Waals surface area contributed by atoms with Crippen molar-refractivity contribution in [3.8, 4) is 0 Å². The number of amides is 1. The maximum Gasteiger partial charge on any atom is 0.252 e. The molecule has 0 fully saturated rings. The first-order chi connectivity index (χ1) is 16.3. The summed E-state index contributed by atoms with van der Waals surface area (Å²) < 4.78 is 33.0. The van der Waals surface area contributed by atoms with Crippen LogP contribution < -0.4 is 10.9 Å². The number of aromatic amines is 1. The molecule has 0 aliphatic heterocycles. The van der Waals surface area contributed by atoms with Gasteiger partial charge in [0, 0.05) is 43.2 Å². The number of sulfonamides is 1. The lowest BCUT2D eigenvalue weighted by molar-refractivity contribution is 0.0635. The second kappa shape index (κ2) is 11.4. The molecule has 1 aromatic heterocycles. The number of H-pyrrole nitrogens is 1. The van der Waals surface area contributed by atoms with Gasteiger partial charge in [-0.2, -0.15) is 4.31 Å². The van der Waals surface area contributed by atoms with Crippen molar-refractivity contribution in [3.05, 3.63) is 76.1 Å². The largest absolute Gasteiger partial charge is 0.374 e. The highest BCUT2D eigenvalue weighted by Gasteiger charge is 2.23. The molecule has 182 valence electrons. The van der Waals surface area contributed by atoms with Gasteiger partial charge in [-0.3, -0.25) is 9.59 Å². The van der Waals surface area contributed by atoms with E-state index in [1.165, 1.54) is 28.6 Å². The number of hydrogen-bond acceptors (Lipinski definition) is 5. The van der Waals surface area contributed by atoms with Crippen molar-refractivity contribution < 1.29 is 17.9 Å². The smallest absolute Gasteiger partial charge is 0.252 e. The van der Waals surface area contributed by atoms with Crippen LogP contribution in [0.3, 0.4) is 0 Å². The zero-order chi connectivity index (χ0) is 24.7. The van der Waals surface area contributed by atoms with Crippen LogP contribution in [0.5, 0.6) is 0 Å². The molecule has 0 spiro atoms. The number of nitrogens with zero attached hydrogens (tertiary/aromatic N) is 1. The number of nitrogens with one attached hydrogen (secondary N) is 2. The first-order valence-corrected chi connectivity index (χ1v) is 12.8. The molecule has 0 saturated heterocycles. The second-order valence-electron chi connectivity index (χ2n) is 7.88. The van der Waals surface area contributed by atoms with E-state index in [9.17, 15) is 18.0 Å². The van der Waals surface area contributed by atoms with Crippen LogP contribution in [-0.2, 0) is 14.8 Å². The third-order valence-corrected chi connectivity index (χ3v) is 7.69. The van der Waals surface area contributed by atoms with Gasteiger partial charge in [-0.25, -0.2) is 8.42 Å². The Kier molecular flexibility index (Phi) is 8.60. The van der Waals surface area contributed by atoms with Crippen LogP contribution in [0.15, 0.2) is 64.3 Å². The van der Waals surface area contributed by atoms with Gasteiger partial charge in [0.2, 0.25) is 15.6 Å². The molecule has 1 atom stereocenters. The molecule has 1 unspecified atom stereocenters. The molecule has 0 aliphatic rings. The summed E-state index contributed by atoms with van der Waals surface area (Å²) in [5, 5.41) is 3.18. The summed E-state index contributed by atoms with van der Waals surface area (Å²) in [6.45, 7) is 6.98. The first kappa shape index (κ1) is 25.6. The highest BCUT2D eigenvalue weighted by Crippen LogP contribution is 2.23. The van der Waals surface area contributed by atoms with Crippen LogP contribution in [-0.4, -0.2) is 49.9 Å². The van der Waals surface area contributed by atoms with Crippen molar-refractivity contribution in [3.63, 3.8) is 0 Å². The number of benzene rings is 2. The van der Waals surface area contributed by atoms with Gasteiger partial charge in [0.15, 0.2) is 0 Å². The van der Waals surface area contributed by atoms with Gasteiger partial charge in [-0.05, 0) is 37.1 Å². The minimum absolute atomic E-state index is 0.0558. The second-order valence-corrected chi connectivity index (χ2v) is 9.82. The summed E-state index contributed by atoms with van der Waals surface area (Å²) >= 11 is 0. The first-order valence-electron chi connectivity index (χ1n) is 11.4. The van der Waals surface area contributed by atoms with Crippen molar-refractivity contribution >= 4 is 26.8 Å². The van der Waals surface area contributed by atoms with Crippen LogP contribution in [0, 0.1) is 0 Å². The number of aromatic nitrogens is 1. The van der Waals surface area contributed by atoms with Crippen molar-refractivity contribution in [1.29, 1.82) is 0 Å². The Labute approximate surface area is 200 Å². The summed E-state index contributed by atoms with van der Waals surface area (Å²) in [6.07, 6.45) is 0.533. The van der Waals surface area contributed by atoms with E-state index in [0.717, 1.165) is 5.56 Å². The molecular formula is C25H31N3O5S. The van der Waals surface area contributed by atoms with E-state index in [2.05, 4.69) is 10.3 Å². The van der Waals surface area contributed by atoms with Crippen LogP contribution in [0.4, 0.5) is 0 Å². The third kappa shape index (κ3) is 5.91. The topological polar surface area (TPSA) is 109 Å². The number of pyridine rings is 1. The molecule has 1 heterocycles. The Hall–Kier alpha value is -3.01. The Bertz CT molecular complexity index is 1280. The van der Waals surface area contributed by atoms with Crippen LogP contribution in [0.1, 0.15) is 49.2 Å².